The van der Waals surface area contributed by atoms with Crippen LogP contribution in [-0.2, 0) is 11.2 Å². The lowest BCUT2D eigenvalue weighted by atomic mass is 9.92. The average molecular weight is 266 g/mol. The number of carboxylic acid groups (broad SMARTS) is 1. The summed E-state index contributed by atoms with van der Waals surface area (Å²) in [4.78, 5) is 31.4. The third-order valence-electron chi connectivity index (χ3n) is 3.52. The van der Waals surface area contributed by atoms with E-state index in [0.29, 0.717) is 5.69 Å². The number of H-pyrrole nitrogens is 1. The molecule has 0 bridgehead atoms. The second-order valence-corrected chi connectivity index (χ2v) is 4.82. The number of nitrogens with zero attached hydrogens (tertiary/aromatic N) is 2. The van der Waals surface area contributed by atoms with Crippen LogP contribution in [0.3, 0.4) is 0 Å². The van der Waals surface area contributed by atoms with Gasteiger partial charge in [0.1, 0.15) is 6.04 Å². The van der Waals surface area contributed by atoms with E-state index in [0.717, 1.165) is 19.3 Å². The van der Waals surface area contributed by atoms with Gasteiger partial charge >= 0.3 is 12.0 Å². The molecule has 7 nitrogen and oxygen atoms in total. The average Bonchev–Trinajstić information content (AvgIpc) is 2.78. The van der Waals surface area contributed by atoms with Crippen LogP contribution in [0.5, 0.6) is 0 Å². The Morgan fingerprint density at radius 2 is 2.37 bits per heavy atom. The number of imidazole rings is 1. The van der Waals surface area contributed by atoms with Crippen LogP contribution in [-0.4, -0.2) is 51.1 Å². The predicted octanol–water partition coefficient (Wildman–Crippen LogP) is 0.599. The van der Waals surface area contributed by atoms with Crippen molar-refractivity contribution < 1.29 is 14.7 Å². The molecule has 1 unspecified atom stereocenters. The zero-order chi connectivity index (χ0) is 13.8. The van der Waals surface area contributed by atoms with Crippen molar-refractivity contribution in [3.05, 3.63) is 18.2 Å². The maximum atomic E-state index is 11.9. The molecule has 0 spiro atoms. The van der Waals surface area contributed by atoms with E-state index in [1.54, 1.807) is 18.1 Å². The Balaban J connectivity index is 1.92. The molecule has 1 atom stereocenters. The van der Waals surface area contributed by atoms with Gasteiger partial charge in [0.05, 0.1) is 6.33 Å². The SMILES string of the molecule is CN(C(=O)NC(Cc1cnc[nH]1)C(=O)O)C1CCC1. The lowest BCUT2D eigenvalue weighted by Crippen LogP contribution is -2.52. The smallest absolute Gasteiger partial charge is 0.326 e. The molecule has 3 N–H and O–H groups in total. The molecule has 1 aliphatic carbocycles. The van der Waals surface area contributed by atoms with E-state index in [-0.39, 0.29) is 18.5 Å². The van der Waals surface area contributed by atoms with Crippen LogP contribution >= 0.6 is 0 Å². The number of aliphatic carboxylic acids is 1. The number of rotatable bonds is 5. The van der Waals surface area contributed by atoms with Gasteiger partial charge in [-0.2, -0.15) is 0 Å². The molecule has 104 valence electrons. The van der Waals surface area contributed by atoms with Crippen LogP contribution in [0.1, 0.15) is 25.0 Å². The standard InChI is InChI=1S/C12H18N4O3/c1-16(9-3-2-4-9)12(19)15-10(11(17)18)5-8-6-13-7-14-8/h6-7,9-10H,2-5H2,1H3,(H,13,14)(H,15,19)(H,17,18). The minimum atomic E-state index is -1.05. The maximum absolute atomic E-state index is 11.9. The number of urea groups is 1. The first-order valence-corrected chi connectivity index (χ1v) is 6.31. The summed E-state index contributed by atoms with van der Waals surface area (Å²) in [5.74, 6) is -1.05. The van der Waals surface area contributed by atoms with E-state index >= 15 is 0 Å². The highest BCUT2D eigenvalue weighted by molar-refractivity contribution is 5.82. The zero-order valence-electron chi connectivity index (χ0n) is 10.8. The molecule has 0 aliphatic heterocycles. The van der Waals surface area contributed by atoms with Gasteiger partial charge in [-0.05, 0) is 19.3 Å². The molecule has 0 saturated heterocycles. The van der Waals surface area contributed by atoms with Crippen molar-refractivity contribution in [2.75, 3.05) is 7.05 Å². The molecular weight excluding hydrogens is 248 g/mol. The highest BCUT2D eigenvalue weighted by atomic mass is 16.4. The Hall–Kier alpha value is -2.05. The first-order chi connectivity index (χ1) is 9.08. The quantitative estimate of drug-likeness (QED) is 0.726. The number of carboxylic acids is 1. The Kier molecular flexibility index (Phi) is 4.03. The van der Waals surface area contributed by atoms with Gasteiger partial charge in [0, 0.05) is 31.4 Å². The summed E-state index contributed by atoms with van der Waals surface area (Å²) in [5.41, 5.74) is 0.680. The van der Waals surface area contributed by atoms with Crippen molar-refractivity contribution in [1.29, 1.82) is 0 Å². The van der Waals surface area contributed by atoms with E-state index in [1.807, 2.05) is 0 Å². The van der Waals surface area contributed by atoms with E-state index in [2.05, 4.69) is 15.3 Å². The second-order valence-electron chi connectivity index (χ2n) is 4.82. The molecule has 7 heteroatoms. The lowest BCUT2D eigenvalue weighted by Gasteiger charge is -2.35. The van der Waals surface area contributed by atoms with Gasteiger partial charge in [0.2, 0.25) is 0 Å². The third-order valence-corrected chi connectivity index (χ3v) is 3.52. The zero-order valence-corrected chi connectivity index (χ0v) is 10.8. The van der Waals surface area contributed by atoms with Crippen molar-refractivity contribution >= 4 is 12.0 Å². The van der Waals surface area contributed by atoms with E-state index in [4.69, 9.17) is 5.11 Å². The third kappa shape index (κ3) is 3.24. The largest absolute Gasteiger partial charge is 0.480 e. The van der Waals surface area contributed by atoms with Crippen LogP contribution in [0.15, 0.2) is 12.5 Å². The molecular formula is C12H18N4O3. The maximum Gasteiger partial charge on any atom is 0.326 e. The number of carbonyl (C=O) groups is 2. The minimum absolute atomic E-state index is 0.194. The summed E-state index contributed by atoms with van der Waals surface area (Å²) >= 11 is 0. The van der Waals surface area contributed by atoms with E-state index in [1.165, 1.54) is 6.33 Å². The predicted molar refractivity (Wildman–Crippen MR) is 67.6 cm³/mol. The van der Waals surface area contributed by atoms with Gasteiger partial charge < -0.3 is 20.3 Å². The van der Waals surface area contributed by atoms with E-state index in [9.17, 15) is 9.59 Å². The van der Waals surface area contributed by atoms with Crippen molar-refractivity contribution in [2.24, 2.45) is 0 Å². The summed E-state index contributed by atoms with van der Waals surface area (Å²) < 4.78 is 0. The highest BCUT2D eigenvalue weighted by Crippen LogP contribution is 2.23. The highest BCUT2D eigenvalue weighted by Gasteiger charge is 2.28. The molecule has 1 aliphatic rings. The summed E-state index contributed by atoms with van der Waals surface area (Å²) in [6.07, 6.45) is 6.33. The van der Waals surface area contributed by atoms with Crippen molar-refractivity contribution in [3.63, 3.8) is 0 Å². The summed E-state index contributed by atoms with van der Waals surface area (Å²) in [6.45, 7) is 0. The molecule has 1 saturated carbocycles. The fourth-order valence-corrected chi connectivity index (χ4v) is 2.01. The summed E-state index contributed by atoms with van der Waals surface area (Å²) in [5, 5.41) is 11.7. The molecule has 2 rings (SSSR count). The Morgan fingerprint density at radius 1 is 1.63 bits per heavy atom. The van der Waals surface area contributed by atoms with Crippen molar-refractivity contribution in [3.8, 4) is 0 Å². The number of aromatic amines is 1. The first kappa shape index (κ1) is 13.4. The number of amides is 2. The van der Waals surface area contributed by atoms with Crippen LogP contribution in [0.25, 0.3) is 0 Å². The number of nitrogens with one attached hydrogen (secondary N) is 2. The summed E-state index contributed by atoms with van der Waals surface area (Å²) in [6, 6.07) is -1.05. The molecule has 0 radical (unpaired) electrons. The fraction of sp³-hybridized carbons (Fsp3) is 0.583. The van der Waals surface area contributed by atoms with Gasteiger partial charge in [0.25, 0.3) is 0 Å². The Labute approximate surface area is 111 Å². The van der Waals surface area contributed by atoms with Gasteiger partial charge in [-0.1, -0.05) is 0 Å². The molecule has 1 aromatic rings. The van der Waals surface area contributed by atoms with E-state index < -0.39 is 12.0 Å². The normalized spacial score (nSPS) is 16.5. The Bertz CT molecular complexity index is 442. The first-order valence-electron chi connectivity index (χ1n) is 6.31. The molecule has 0 aromatic carbocycles. The van der Waals surface area contributed by atoms with Crippen LogP contribution in [0, 0.1) is 0 Å². The molecule has 1 fully saturated rings. The fourth-order valence-electron chi connectivity index (χ4n) is 2.01. The topological polar surface area (TPSA) is 98.3 Å². The van der Waals surface area contributed by atoms with Crippen molar-refractivity contribution in [2.45, 2.75) is 37.8 Å². The van der Waals surface area contributed by atoms with Gasteiger partial charge in [-0.3, -0.25) is 0 Å². The molecule has 19 heavy (non-hydrogen) atoms. The van der Waals surface area contributed by atoms with Gasteiger partial charge in [-0.15, -0.1) is 0 Å². The molecule has 2 amide bonds. The monoisotopic (exact) mass is 266 g/mol. The number of carbonyl (C=O) groups excluding carboxylic acids is 1. The van der Waals surface area contributed by atoms with Crippen molar-refractivity contribution in [1.82, 2.24) is 20.2 Å². The molecule has 1 aromatic heterocycles. The molecule has 1 heterocycles. The second kappa shape index (κ2) is 5.73. The Morgan fingerprint density at radius 3 is 2.84 bits per heavy atom. The van der Waals surface area contributed by atoms with Gasteiger partial charge in [-0.25, -0.2) is 14.6 Å². The van der Waals surface area contributed by atoms with Gasteiger partial charge in [0.15, 0.2) is 0 Å². The number of hydrogen-bond acceptors (Lipinski definition) is 3. The number of aromatic nitrogens is 2. The van der Waals surface area contributed by atoms with Crippen LogP contribution in [0.4, 0.5) is 4.79 Å². The summed E-state index contributed by atoms with van der Waals surface area (Å²) in [7, 11) is 1.70. The van der Waals surface area contributed by atoms with Crippen LogP contribution in [0.2, 0.25) is 0 Å². The lowest BCUT2D eigenvalue weighted by molar-refractivity contribution is -0.139. The van der Waals surface area contributed by atoms with Crippen LogP contribution < -0.4 is 5.32 Å². The minimum Gasteiger partial charge on any atom is -0.480 e. The number of hydrogen-bond donors (Lipinski definition) is 3.